The summed E-state index contributed by atoms with van der Waals surface area (Å²) < 4.78 is 1.71. The van der Waals surface area contributed by atoms with Crippen LogP contribution in [0.3, 0.4) is 0 Å². The molecule has 0 saturated carbocycles. The highest BCUT2D eigenvalue weighted by molar-refractivity contribution is 7.99. The highest BCUT2D eigenvalue weighted by atomic mass is 32.2. The van der Waals surface area contributed by atoms with E-state index in [1.807, 2.05) is 0 Å². The quantitative estimate of drug-likeness (QED) is 0.625. The second-order valence-corrected chi connectivity index (χ2v) is 6.87. The molecule has 6 heteroatoms. The fraction of sp³-hybridized carbons (Fsp3) is 0.833. The number of thioether (sulfide) groups is 1. The highest BCUT2D eigenvalue weighted by Gasteiger charge is 2.24. The van der Waals surface area contributed by atoms with Gasteiger partial charge < -0.3 is 0 Å². The Morgan fingerprint density at radius 1 is 1.50 bits per heavy atom. The summed E-state index contributed by atoms with van der Waals surface area (Å²) in [5.41, 5.74) is 0.110. The second kappa shape index (κ2) is 6.70. The Kier molecular flexibility index (Phi) is 5.85. The van der Waals surface area contributed by atoms with Gasteiger partial charge in [-0.25, -0.2) is 9.89 Å². The van der Waals surface area contributed by atoms with Gasteiger partial charge in [-0.15, -0.1) is 5.10 Å². The van der Waals surface area contributed by atoms with Gasteiger partial charge in [-0.1, -0.05) is 39.5 Å². The van der Waals surface area contributed by atoms with Crippen molar-refractivity contribution in [1.82, 2.24) is 14.8 Å². The SMILES string of the molecule is CCCn1c(SCC(CS)C(C)(C)C)n[nH]c1=O. The van der Waals surface area contributed by atoms with Crippen molar-refractivity contribution >= 4 is 24.4 Å². The highest BCUT2D eigenvalue weighted by Crippen LogP contribution is 2.31. The summed E-state index contributed by atoms with van der Waals surface area (Å²) in [6, 6.07) is 0. The van der Waals surface area contributed by atoms with Crippen molar-refractivity contribution in [2.45, 2.75) is 45.8 Å². The van der Waals surface area contributed by atoms with E-state index in [1.165, 1.54) is 0 Å². The average molecular weight is 289 g/mol. The summed E-state index contributed by atoms with van der Waals surface area (Å²) in [6.45, 7) is 9.44. The van der Waals surface area contributed by atoms with Crippen LogP contribution in [0.4, 0.5) is 0 Å². The lowest BCUT2D eigenvalue weighted by Crippen LogP contribution is -2.24. The number of aromatic amines is 1. The Morgan fingerprint density at radius 3 is 2.67 bits per heavy atom. The van der Waals surface area contributed by atoms with Crippen molar-refractivity contribution in [3.8, 4) is 0 Å². The minimum Gasteiger partial charge on any atom is -0.270 e. The monoisotopic (exact) mass is 289 g/mol. The van der Waals surface area contributed by atoms with E-state index in [1.54, 1.807) is 16.3 Å². The van der Waals surface area contributed by atoms with Crippen LogP contribution in [0, 0.1) is 11.3 Å². The predicted molar refractivity (Wildman–Crippen MR) is 80.7 cm³/mol. The average Bonchev–Trinajstić information content (AvgIpc) is 2.61. The van der Waals surface area contributed by atoms with Crippen molar-refractivity contribution in [3.63, 3.8) is 0 Å². The first kappa shape index (κ1) is 15.7. The molecule has 1 atom stereocenters. The Bertz CT molecular complexity index is 420. The van der Waals surface area contributed by atoms with E-state index in [0.29, 0.717) is 5.92 Å². The van der Waals surface area contributed by atoms with Gasteiger partial charge in [0.25, 0.3) is 0 Å². The van der Waals surface area contributed by atoms with Gasteiger partial charge in [0.15, 0.2) is 5.16 Å². The van der Waals surface area contributed by atoms with Gasteiger partial charge in [0.2, 0.25) is 0 Å². The molecule has 0 aromatic carbocycles. The van der Waals surface area contributed by atoms with Gasteiger partial charge in [-0.3, -0.25) is 4.57 Å². The molecule has 1 rings (SSSR count). The molecule has 18 heavy (non-hydrogen) atoms. The van der Waals surface area contributed by atoms with Crippen molar-refractivity contribution in [2.24, 2.45) is 11.3 Å². The Morgan fingerprint density at radius 2 is 2.17 bits per heavy atom. The molecule has 1 aromatic heterocycles. The smallest absolute Gasteiger partial charge is 0.270 e. The normalized spacial score (nSPS) is 13.8. The molecule has 1 heterocycles. The first-order valence-electron chi connectivity index (χ1n) is 6.29. The van der Waals surface area contributed by atoms with Crippen LogP contribution in [-0.4, -0.2) is 26.3 Å². The molecule has 0 aliphatic heterocycles. The van der Waals surface area contributed by atoms with Crippen molar-refractivity contribution < 1.29 is 0 Å². The fourth-order valence-corrected chi connectivity index (χ4v) is 3.85. The van der Waals surface area contributed by atoms with E-state index < -0.39 is 0 Å². The first-order chi connectivity index (χ1) is 8.40. The third-order valence-corrected chi connectivity index (χ3v) is 4.61. The second-order valence-electron chi connectivity index (χ2n) is 5.52. The van der Waals surface area contributed by atoms with E-state index >= 15 is 0 Å². The molecule has 0 fully saturated rings. The van der Waals surface area contributed by atoms with E-state index in [2.05, 4.69) is 50.5 Å². The van der Waals surface area contributed by atoms with Gasteiger partial charge in [0.05, 0.1) is 0 Å². The van der Waals surface area contributed by atoms with Crippen LogP contribution >= 0.6 is 24.4 Å². The van der Waals surface area contributed by atoms with Crippen LogP contribution in [0.1, 0.15) is 34.1 Å². The van der Waals surface area contributed by atoms with E-state index in [9.17, 15) is 4.79 Å². The molecule has 0 bridgehead atoms. The van der Waals surface area contributed by atoms with Gasteiger partial charge in [-0.05, 0) is 23.5 Å². The molecule has 0 aliphatic rings. The maximum absolute atomic E-state index is 11.6. The van der Waals surface area contributed by atoms with Crippen LogP contribution in [0.15, 0.2) is 9.95 Å². The van der Waals surface area contributed by atoms with Crippen LogP contribution in [0.5, 0.6) is 0 Å². The molecule has 4 nitrogen and oxygen atoms in total. The molecule has 1 aromatic rings. The van der Waals surface area contributed by atoms with Gasteiger partial charge in [-0.2, -0.15) is 12.6 Å². The topological polar surface area (TPSA) is 50.7 Å². The van der Waals surface area contributed by atoms with E-state index in [-0.39, 0.29) is 11.1 Å². The van der Waals surface area contributed by atoms with Crippen molar-refractivity contribution in [3.05, 3.63) is 10.5 Å². The van der Waals surface area contributed by atoms with Crippen molar-refractivity contribution in [1.29, 1.82) is 0 Å². The maximum atomic E-state index is 11.6. The van der Waals surface area contributed by atoms with Crippen molar-refractivity contribution in [2.75, 3.05) is 11.5 Å². The molecular formula is C12H23N3OS2. The minimum absolute atomic E-state index is 0.113. The fourth-order valence-electron chi connectivity index (χ4n) is 1.59. The third-order valence-electron chi connectivity index (χ3n) is 3.03. The van der Waals surface area contributed by atoms with Crippen LogP contribution in [-0.2, 0) is 6.54 Å². The predicted octanol–water partition coefficient (Wildman–Crippen LogP) is 2.67. The Balaban J connectivity index is 2.71. The zero-order valence-corrected chi connectivity index (χ0v) is 13.3. The molecule has 0 aliphatic carbocycles. The van der Waals surface area contributed by atoms with Gasteiger partial charge in [0, 0.05) is 12.3 Å². The summed E-state index contributed by atoms with van der Waals surface area (Å²) in [6.07, 6.45) is 0.933. The standard InChI is InChI=1S/C12H23N3OS2/c1-5-6-15-10(16)13-14-11(15)18-8-9(7-17)12(2,3)4/h9,17H,5-8H2,1-4H3,(H,13,16). The number of aromatic nitrogens is 3. The number of hydrogen-bond donors (Lipinski definition) is 2. The Hall–Kier alpha value is -0.360. The van der Waals surface area contributed by atoms with Crippen LogP contribution in [0.2, 0.25) is 0 Å². The van der Waals surface area contributed by atoms with E-state index in [4.69, 9.17) is 0 Å². The minimum atomic E-state index is -0.113. The lowest BCUT2D eigenvalue weighted by atomic mass is 9.83. The number of nitrogens with zero attached hydrogens (tertiary/aromatic N) is 2. The zero-order valence-electron chi connectivity index (χ0n) is 11.6. The largest absolute Gasteiger partial charge is 0.343 e. The molecule has 0 saturated heterocycles. The lowest BCUT2D eigenvalue weighted by Gasteiger charge is -2.28. The summed E-state index contributed by atoms with van der Waals surface area (Å²) in [7, 11) is 0. The van der Waals surface area contributed by atoms with Crippen LogP contribution in [0.25, 0.3) is 0 Å². The van der Waals surface area contributed by atoms with Gasteiger partial charge >= 0.3 is 5.69 Å². The number of nitrogens with one attached hydrogen (secondary N) is 1. The summed E-state index contributed by atoms with van der Waals surface area (Å²) in [5.74, 6) is 2.27. The van der Waals surface area contributed by atoms with Gasteiger partial charge in [0.1, 0.15) is 0 Å². The summed E-state index contributed by atoms with van der Waals surface area (Å²) >= 11 is 6.06. The lowest BCUT2D eigenvalue weighted by molar-refractivity contribution is 0.294. The maximum Gasteiger partial charge on any atom is 0.343 e. The molecule has 0 spiro atoms. The molecule has 104 valence electrons. The number of rotatable bonds is 6. The first-order valence-corrected chi connectivity index (χ1v) is 7.90. The molecular weight excluding hydrogens is 266 g/mol. The Labute approximate surface area is 118 Å². The molecule has 1 N–H and O–H groups in total. The van der Waals surface area contributed by atoms with E-state index in [0.717, 1.165) is 29.6 Å². The molecule has 0 amide bonds. The summed E-state index contributed by atoms with van der Waals surface area (Å²) in [4.78, 5) is 11.6. The third kappa shape index (κ3) is 4.09. The number of thiol groups is 1. The summed E-state index contributed by atoms with van der Waals surface area (Å²) in [5, 5.41) is 7.40. The zero-order chi connectivity index (χ0) is 13.8. The van der Waals surface area contributed by atoms with Crippen LogP contribution < -0.4 is 5.69 Å². The molecule has 0 radical (unpaired) electrons. The number of hydrogen-bond acceptors (Lipinski definition) is 4. The molecule has 1 unspecified atom stereocenters. The number of H-pyrrole nitrogens is 1.